The van der Waals surface area contributed by atoms with Crippen molar-refractivity contribution in [3.8, 4) is 0 Å². The summed E-state index contributed by atoms with van der Waals surface area (Å²) < 4.78 is 1.91. The molecule has 18 heavy (non-hydrogen) atoms. The normalized spacial score (nSPS) is 19.9. The minimum atomic E-state index is 0.702. The fourth-order valence-corrected chi connectivity index (χ4v) is 3.00. The first-order chi connectivity index (χ1) is 8.78. The second kappa shape index (κ2) is 4.76. The van der Waals surface area contributed by atoms with E-state index in [0.717, 1.165) is 42.4 Å². The lowest BCUT2D eigenvalue weighted by Gasteiger charge is -2.18. The van der Waals surface area contributed by atoms with Crippen molar-refractivity contribution >= 4 is 22.9 Å². The molecule has 3 rings (SSSR count). The van der Waals surface area contributed by atoms with Crippen LogP contribution in [0, 0.1) is 12.8 Å². The molecule has 0 saturated carbocycles. The van der Waals surface area contributed by atoms with Crippen LogP contribution in [-0.2, 0) is 0 Å². The van der Waals surface area contributed by atoms with Gasteiger partial charge in [-0.25, -0.2) is 9.50 Å². The van der Waals surface area contributed by atoms with Gasteiger partial charge in [0.05, 0.1) is 5.69 Å². The number of hydrogen-bond acceptors (Lipinski definition) is 3. The molecule has 1 saturated heterocycles. The third kappa shape index (κ3) is 2.05. The van der Waals surface area contributed by atoms with Crippen LogP contribution in [0.15, 0.2) is 18.5 Å². The zero-order valence-electron chi connectivity index (χ0n) is 10.5. The van der Waals surface area contributed by atoms with Crippen molar-refractivity contribution in [3.63, 3.8) is 0 Å². The highest BCUT2D eigenvalue weighted by atomic mass is 35.5. The largest absolute Gasteiger partial charge is 0.355 e. The van der Waals surface area contributed by atoms with Gasteiger partial charge in [0.2, 0.25) is 0 Å². The molecule has 0 bridgehead atoms. The Kier molecular flexibility index (Phi) is 3.12. The van der Waals surface area contributed by atoms with E-state index < -0.39 is 0 Å². The third-order valence-electron chi connectivity index (χ3n) is 3.59. The lowest BCUT2D eigenvalue weighted by Crippen LogP contribution is -2.21. The lowest BCUT2D eigenvalue weighted by molar-refractivity contribution is 0.572. The van der Waals surface area contributed by atoms with Crippen molar-refractivity contribution < 1.29 is 0 Å². The van der Waals surface area contributed by atoms with E-state index in [-0.39, 0.29) is 0 Å². The number of aromatic nitrogens is 3. The second-order valence-electron chi connectivity index (χ2n) is 4.94. The van der Waals surface area contributed by atoms with Crippen molar-refractivity contribution in [2.75, 3.05) is 23.9 Å². The first kappa shape index (κ1) is 11.8. The molecule has 0 amide bonds. The zero-order chi connectivity index (χ0) is 12.5. The van der Waals surface area contributed by atoms with Crippen LogP contribution < -0.4 is 4.90 Å². The van der Waals surface area contributed by atoms with Crippen LogP contribution in [0.2, 0.25) is 0 Å². The molecular formula is C13H17ClN4. The van der Waals surface area contributed by atoms with Gasteiger partial charge in [-0.2, -0.15) is 5.10 Å². The summed E-state index contributed by atoms with van der Waals surface area (Å²) in [6.45, 7) is 4.14. The maximum absolute atomic E-state index is 5.83. The quantitative estimate of drug-likeness (QED) is 0.799. The Morgan fingerprint density at radius 2 is 2.39 bits per heavy atom. The highest BCUT2D eigenvalue weighted by Gasteiger charge is 2.24. The summed E-state index contributed by atoms with van der Waals surface area (Å²) in [5, 5.41) is 4.43. The lowest BCUT2D eigenvalue weighted by atomic mass is 10.1. The highest BCUT2D eigenvalue weighted by Crippen LogP contribution is 2.27. The number of halogens is 1. The Hall–Kier alpha value is -1.29. The molecule has 2 aromatic heterocycles. The van der Waals surface area contributed by atoms with Crippen molar-refractivity contribution in [3.05, 3.63) is 24.2 Å². The number of aryl methyl sites for hydroxylation is 1. The summed E-state index contributed by atoms with van der Waals surface area (Å²) in [7, 11) is 0. The number of nitrogens with zero attached hydrogens (tertiary/aromatic N) is 4. The molecule has 0 radical (unpaired) electrons. The van der Waals surface area contributed by atoms with Crippen molar-refractivity contribution in [1.82, 2.24) is 14.6 Å². The van der Waals surface area contributed by atoms with E-state index in [2.05, 4.69) is 21.0 Å². The summed E-state index contributed by atoms with van der Waals surface area (Å²) in [5.41, 5.74) is 2.13. The number of hydrogen-bond donors (Lipinski definition) is 0. The molecular weight excluding hydrogens is 248 g/mol. The molecule has 1 atom stereocenters. The third-order valence-corrected chi connectivity index (χ3v) is 3.81. The molecule has 1 fully saturated rings. The van der Waals surface area contributed by atoms with Gasteiger partial charge < -0.3 is 4.90 Å². The number of rotatable bonds is 3. The van der Waals surface area contributed by atoms with Gasteiger partial charge in [0, 0.05) is 31.4 Å². The fraction of sp³-hybridized carbons (Fsp3) is 0.538. The van der Waals surface area contributed by atoms with Gasteiger partial charge in [0.15, 0.2) is 5.82 Å². The van der Waals surface area contributed by atoms with Crippen LogP contribution in [0.1, 0.15) is 18.5 Å². The summed E-state index contributed by atoms with van der Waals surface area (Å²) in [4.78, 5) is 6.88. The van der Waals surface area contributed by atoms with Crippen LogP contribution in [0.25, 0.3) is 5.52 Å². The number of alkyl halides is 1. The maximum atomic E-state index is 5.83. The SMILES string of the molecule is Cc1cc2c(N3CCC(CCCl)C3)nccn2n1. The first-order valence-corrected chi connectivity index (χ1v) is 6.93. The smallest absolute Gasteiger partial charge is 0.154 e. The Morgan fingerprint density at radius 3 is 3.22 bits per heavy atom. The van der Waals surface area contributed by atoms with Gasteiger partial charge >= 0.3 is 0 Å². The Labute approximate surface area is 112 Å². The Morgan fingerprint density at radius 1 is 1.50 bits per heavy atom. The van der Waals surface area contributed by atoms with E-state index >= 15 is 0 Å². The monoisotopic (exact) mass is 264 g/mol. The first-order valence-electron chi connectivity index (χ1n) is 6.40. The molecule has 96 valence electrons. The summed E-state index contributed by atoms with van der Waals surface area (Å²) in [6.07, 6.45) is 6.03. The van der Waals surface area contributed by atoms with Gasteiger partial charge in [-0.1, -0.05) is 0 Å². The molecule has 1 aliphatic rings. The van der Waals surface area contributed by atoms with Crippen LogP contribution in [-0.4, -0.2) is 33.6 Å². The minimum Gasteiger partial charge on any atom is -0.355 e. The van der Waals surface area contributed by atoms with Crippen LogP contribution in [0.4, 0.5) is 5.82 Å². The second-order valence-corrected chi connectivity index (χ2v) is 5.32. The summed E-state index contributed by atoms with van der Waals surface area (Å²) >= 11 is 5.83. The Bertz CT molecular complexity index is 551. The predicted molar refractivity (Wildman–Crippen MR) is 73.4 cm³/mol. The molecule has 2 aromatic rings. The van der Waals surface area contributed by atoms with E-state index in [9.17, 15) is 0 Å². The van der Waals surface area contributed by atoms with Gasteiger partial charge in [0.25, 0.3) is 0 Å². The van der Waals surface area contributed by atoms with Crippen LogP contribution >= 0.6 is 11.6 Å². The zero-order valence-corrected chi connectivity index (χ0v) is 11.3. The van der Waals surface area contributed by atoms with Crippen LogP contribution in [0.5, 0.6) is 0 Å². The van der Waals surface area contributed by atoms with Gasteiger partial charge in [-0.3, -0.25) is 0 Å². The fourth-order valence-electron chi connectivity index (χ4n) is 2.69. The minimum absolute atomic E-state index is 0.702. The van der Waals surface area contributed by atoms with Crippen LogP contribution in [0.3, 0.4) is 0 Å². The average molecular weight is 265 g/mol. The van der Waals surface area contributed by atoms with Gasteiger partial charge in [-0.05, 0) is 31.7 Å². The van der Waals surface area contributed by atoms with Crippen molar-refractivity contribution in [1.29, 1.82) is 0 Å². The van der Waals surface area contributed by atoms with Crippen molar-refractivity contribution in [2.24, 2.45) is 5.92 Å². The molecule has 4 nitrogen and oxygen atoms in total. The van der Waals surface area contributed by atoms with E-state index in [4.69, 9.17) is 11.6 Å². The summed E-state index contributed by atoms with van der Waals surface area (Å²) in [6, 6.07) is 2.09. The van der Waals surface area contributed by atoms with E-state index in [1.54, 1.807) is 0 Å². The molecule has 1 unspecified atom stereocenters. The Balaban J connectivity index is 1.90. The summed E-state index contributed by atoms with van der Waals surface area (Å²) in [5.74, 6) is 2.51. The molecule has 5 heteroatoms. The molecule has 0 spiro atoms. The molecule has 3 heterocycles. The molecule has 1 aliphatic heterocycles. The average Bonchev–Trinajstić information content (AvgIpc) is 2.94. The molecule has 0 aliphatic carbocycles. The predicted octanol–water partition coefficient (Wildman–Crippen LogP) is 2.49. The maximum Gasteiger partial charge on any atom is 0.154 e. The van der Waals surface area contributed by atoms with E-state index in [1.165, 1.54) is 6.42 Å². The molecule has 0 aromatic carbocycles. The van der Waals surface area contributed by atoms with E-state index in [1.807, 2.05) is 23.8 Å². The topological polar surface area (TPSA) is 33.4 Å². The van der Waals surface area contributed by atoms with Gasteiger partial charge in [0.1, 0.15) is 5.52 Å². The standard InChI is InChI=1S/C13H17ClN4/c1-10-8-12-13(15-5-7-18(12)16-10)17-6-3-11(9-17)2-4-14/h5,7-8,11H,2-4,6,9H2,1H3. The van der Waals surface area contributed by atoms with Crippen molar-refractivity contribution in [2.45, 2.75) is 19.8 Å². The number of fused-ring (bicyclic) bond motifs is 1. The van der Waals surface area contributed by atoms with Gasteiger partial charge in [-0.15, -0.1) is 11.6 Å². The number of anilines is 1. The molecule has 0 N–H and O–H groups in total. The van der Waals surface area contributed by atoms with E-state index in [0.29, 0.717) is 5.92 Å². The highest BCUT2D eigenvalue weighted by molar-refractivity contribution is 6.17.